The van der Waals surface area contributed by atoms with Crippen molar-refractivity contribution in [2.24, 2.45) is 10.9 Å². The molecule has 0 aliphatic carbocycles. The average Bonchev–Trinajstić information content (AvgIpc) is 3.16. The van der Waals surface area contributed by atoms with E-state index in [9.17, 15) is 4.79 Å². The molecule has 2 heterocycles. The van der Waals surface area contributed by atoms with Crippen molar-refractivity contribution >= 4 is 40.6 Å². The first kappa shape index (κ1) is 18.7. The second-order valence-electron chi connectivity index (χ2n) is 6.69. The predicted molar refractivity (Wildman–Crippen MR) is 111 cm³/mol. The first-order chi connectivity index (χ1) is 13.5. The van der Waals surface area contributed by atoms with Crippen LogP contribution in [0.4, 0.5) is 5.82 Å². The molecule has 2 unspecified atom stereocenters. The first-order valence-corrected chi connectivity index (χ1v) is 9.65. The molecule has 4 rings (SSSR count). The first-order valence-electron chi connectivity index (χ1n) is 8.90. The number of benzene rings is 2. The second kappa shape index (κ2) is 7.78. The van der Waals surface area contributed by atoms with Gasteiger partial charge in [-0.05, 0) is 30.2 Å². The van der Waals surface area contributed by atoms with Crippen LogP contribution < -0.4 is 5.32 Å². The van der Waals surface area contributed by atoms with E-state index in [4.69, 9.17) is 23.2 Å². The van der Waals surface area contributed by atoms with Gasteiger partial charge in [0.15, 0.2) is 5.82 Å². The number of nitrogens with zero attached hydrogens (tertiary/aromatic N) is 3. The normalized spacial score (nSPS) is 18.3. The Morgan fingerprint density at radius 1 is 1.11 bits per heavy atom. The lowest BCUT2D eigenvalue weighted by molar-refractivity contribution is -0.124. The summed E-state index contributed by atoms with van der Waals surface area (Å²) in [5, 5.41) is 8.34. The molecule has 1 N–H and O–H groups in total. The summed E-state index contributed by atoms with van der Waals surface area (Å²) in [6.45, 7) is 2.32. The molecule has 5 nitrogen and oxygen atoms in total. The van der Waals surface area contributed by atoms with Crippen LogP contribution in [0.15, 0.2) is 65.8 Å². The molecule has 0 spiro atoms. The minimum atomic E-state index is -0.506. The zero-order valence-corrected chi connectivity index (χ0v) is 16.7. The van der Waals surface area contributed by atoms with E-state index in [1.165, 1.54) is 0 Å². The van der Waals surface area contributed by atoms with Gasteiger partial charge in [0.1, 0.15) is 5.92 Å². The zero-order valence-electron chi connectivity index (χ0n) is 15.1. The number of fused-ring (bicyclic) bond motifs is 1. The average molecular weight is 413 g/mol. The molecule has 0 saturated heterocycles. The van der Waals surface area contributed by atoms with Crippen molar-refractivity contribution in [2.45, 2.75) is 19.5 Å². The number of aromatic nitrogens is 2. The molecule has 1 aliphatic rings. The third-order valence-corrected chi connectivity index (χ3v) is 5.59. The molecule has 0 fully saturated rings. The van der Waals surface area contributed by atoms with Crippen molar-refractivity contribution in [2.75, 3.05) is 0 Å². The number of carbonyl (C=O) groups is 1. The number of amides is 1. The summed E-state index contributed by atoms with van der Waals surface area (Å²) >= 11 is 12.3. The maximum absolute atomic E-state index is 13.2. The Balaban J connectivity index is 1.68. The molecular weight excluding hydrogens is 395 g/mol. The molecule has 0 radical (unpaired) electrons. The van der Waals surface area contributed by atoms with Crippen molar-refractivity contribution in [3.8, 4) is 0 Å². The van der Waals surface area contributed by atoms with Gasteiger partial charge in [-0.1, -0.05) is 59.6 Å². The number of carbonyl (C=O) groups excluding carboxylic acids is 1. The topological polar surface area (TPSA) is 59.3 Å². The van der Waals surface area contributed by atoms with E-state index in [0.717, 1.165) is 16.8 Å². The molecule has 2 atom stereocenters. The molecule has 28 heavy (non-hydrogen) atoms. The third kappa shape index (κ3) is 3.55. The fraction of sp³-hybridized carbons (Fsp3) is 0.190. The molecule has 2 aromatic carbocycles. The van der Waals surface area contributed by atoms with E-state index in [0.29, 0.717) is 22.4 Å². The molecule has 1 aromatic heterocycles. The lowest BCUT2D eigenvalue weighted by Crippen LogP contribution is -2.42. The van der Waals surface area contributed by atoms with E-state index in [1.807, 2.05) is 49.4 Å². The van der Waals surface area contributed by atoms with Crippen molar-refractivity contribution in [3.63, 3.8) is 0 Å². The van der Waals surface area contributed by atoms with Crippen molar-refractivity contribution < 1.29 is 4.79 Å². The van der Waals surface area contributed by atoms with Gasteiger partial charge < -0.3 is 5.32 Å². The highest BCUT2D eigenvalue weighted by atomic mass is 35.5. The number of halogens is 2. The summed E-state index contributed by atoms with van der Waals surface area (Å²) in [5.41, 5.74) is 2.62. The standard InChI is InChI=1S/C21H18Cl2N4O/c1-13-19(21(28)24-12-14-5-3-2-4-6-14)20(27-18(26-13)9-10-25-27)15-7-8-16(22)17(23)11-15/h2-11,19-20H,12H2,1H3,(H,24,28). The summed E-state index contributed by atoms with van der Waals surface area (Å²) in [5.74, 6) is 0.0939. The molecule has 3 aromatic rings. The van der Waals surface area contributed by atoms with Crippen LogP contribution in [0.1, 0.15) is 24.1 Å². The lowest BCUT2D eigenvalue weighted by Gasteiger charge is -2.31. The van der Waals surface area contributed by atoms with Crippen LogP contribution in [0, 0.1) is 5.92 Å². The highest BCUT2D eigenvalue weighted by molar-refractivity contribution is 6.42. The van der Waals surface area contributed by atoms with Crippen molar-refractivity contribution in [1.29, 1.82) is 0 Å². The summed E-state index contributed by atoms with van der Waals surface area (Å²) in [6.07, 6.45) is 1.68. The van der Waals surface area contributed by atoms with E-state index in [2.05, 4.69) is 15.4 Å². The van der Waals surface area contributed by atoms with Gasteiger partial charge in [0.05, 0.1) is 22.3 Å². The Bertz CT molecular complexity index is 1050. The Morgan fingerprint density at radius 2 is 1.89 bits per heavy atom. The number of rotatable bonds is 4. The van der Waals surface area contributed by atoms with E-state index in [1.54, 1.807) is 23.0 Å². The van der Waals surface area contributed by atoms with Crippen LogP contribution in [0.25, 0.3) is 0 Å². The number of hydrogen-bond acceptors (Lipinski definition) is 3. The van der Waals surface area contributed by atoms with Gasteiger partial charge in [0.25, 0.3) is 0 Å². The minimum absolute atomic E-state index is 0.109. The quantitative estimate of drug-likeness (QED) is 0.667. The van der Waals surface area contributed by atoms with E-state index in [-0.39, 0.29) is 11.9 Å². The van der Waals surface area contributed by atoms with Crippen LogP contribution in [-0.4, -0.2) is 21.4 Å². The molecule has 0 bridgehead atoms. The molecule has 1 amide bonds. The zero-order chi connectivity index (χ0) is 19.7. The van der Waals surface area contributed by atoms with Gasteiger partial charge >= 0.3 is 0 Å². The molecular formula is C21H18Cl2N4O. The largest absolute Gasteiger partial charge is 0.351 e. The number of hydrogen-bond donors (Lipinski definition) is 1. The summed E-state index contributed by atoms with van der Waals surface area (Å²) in [4.78, 5) is 17.7. The molecule has 7 heteroatoms. The monoisotopic (exact) mass is 412 g/mol. The van der Waals surface area contributed by atoms with Gasteiger partial charge in [-0.3, -0.25) is 4.79 Å². The van der Waals surface area contributed by atoms with Crippen LogP contribution in [0.5, 0.6) is 0 Å². The van der Waals surface area contributed by atoms with Gasteiger partial charge in [-0.15, -0.1) is 0 Å². The Hall–Kier alpha value is -2.63. The number of nitrogens with one attached hydrogen (secondary N) is 1. The van der Waals surface area contributed by atoms with Crippen LogP contribution in [0.3, 0.4) is 0 Å². The van der Waals surface area contributed by atoms with E-state index >= 15 is 0 Å². The van der Waals surface area contributed by atoms with Gasteiger partial charge in [-0.2, -0.15) is 5.10 Å². The maximum Gasteiger partial charge on any atom is 0.231 e. The van der Waals surface area contributed by atoms with E-state index < -0.39 is 5.92 Å². The highest BCUT2D eigenvalue weighted by Gasteiger charge is 2.38. The Labute approximate surface area is 173 Å². The van der Waals surface area contributed by atoms with Gasteiger partial charge in [0.2, 0.25) is 5.91 Å². The SMILES string of the molecule is CC1=Nc2ccnn2C(c2ccc(Cl)c(Cl)c2)C1C(=O)NCc1ccccc1. The van der Waals surface area contributed by atoms with Crippen LogP contribution >= 0.6 is 23.2 Å². The summed E-state index contributed by atoms with van der Waals surface area (Å²) in [7, 11) is 0. The smallest absolute Gasteiger partial charge is 0.231 e. The summed E-state index contributed by atoms with van der Waals surface area (Å²) < 4.78 is 1.76. The highest BCUT2D eigenvalue weighted by Crippen LogP contribution is 2.38. The lowest BCUT2D eigenvalue weighted by atomic mass is 9.87. The van der Waals surface area contributed by atoms with Gasteiger partial charge in [-0.25, -0.2) is 9.67 Å². The maximum atomic E-state index is 13.2. The van der Waals surface area contributed by atoms with Crippen LogP contribution in [0.2, 0.25) is 10.0 Å². The summed E-state index contributed by atoms with van der Waals surface area (Å²) in [6, 6.07) is 16.7. The Kier molecular flexibility index (Phi) is 5.20. The number of aliphatic imine (C=N–C) groups is 1. The second-order valence-corrected chi connectivity index (χ2v) is 7.50. The fourth-order valence-corrected chi connectivity index (χ4v) is 3.79. The molecule has 1 aliphatic heterocycles. The minimum Gasteiger partial charge on any atom is -0.351 e. The van der Waals surface area contributed by atoms with Crippen LogP contribution in [-0.2, 0) is 11.3 Å². The fourth-order valence-electron chi connectivity index (χ4n) is 3.49. The predicted octanol–water partition coefficient (Wildman–Crippen LogP) is 4.82. The Morgan fingerprint density at radius 3 is 2.64 bits per heavy atom. The van der Waals surface area contributed by atoms with Gasteiger partial charge in [0, 0.05) is 18.3 Å². The molecule has 0 saturated carbocycles. The van der Waals surface area contributed by atoms with Crippen molar-refractivity contribution in [1.82, 2.24) is 15.1 Å². The van der Waals surface area contributed by atoms with Crippen molar-refractivity contribution in [3.05, 3.63) is 82.0 Å². The third-order valence-electron chi connectivity index (χ3n) is 4.85. The molecule has 142 valence electrons.